The third-order valence-corrected chi connectivity index (χ3v) is 3.41. The standard InChI is InChI=1S/C12H13BrN4O/c1-7-10(13)12(14-2)17-11(16-7)8-4-5-9(18-3)15-6-8/h4-6H,1-3H3,(H,14,16,17). The number of halogens is 1. The Balaban J connectivity index is 2.46. The van der Waals surface area contributed by atoms with Crippen molar-refractivity contribution in [3.05, 3.63) is 28.5 Å². The second-order valence-electron chi connectivity index (χ2n) is 3.63. The summed E-state index contributed by atoms with van der Waals surface area (Å²) in [4.78, 5) is 13.0. The lowest BCUT2D eigenvalue weighted by Gasteiger charge is -2.08. The number of hydrogen-bond acceptors (Lipinski definition) is 5. The van der Waals surface area contributed by atoms with Crippen molar-refractivity contribution in [2.45, 2.75) is 6.92 Å². The van der Waals surface area contributed by atoms with Crippen LogP contribution in [0.15, 0.2) is 22.8 Å². The fraction of sp³-hybridized carbons (Fsp3) is 0.250. The van der Waals surface area contributed by atoms with Crippen LogP contribution in [0, 0.1) is 6.92 Å². The zero-order valence-electron chi connectivity index (χ0n) is 10.4. The highest BCUT2D eigenvalue weighted by atomic mass is 79.9. The Kier molecular flexibility index (Phi) is 3.76. The van der Waals surface area contributed by atoms with Crippen molar-refractivity contribution in [3.63, 3.8) is 0 Å². The molecular formula is C12H13BrN4O. The Bertz CT molecular complexity index is 557. The predicted molar refractivity (Wildman–Crippen MR) is 73.8 cm³/mol. The maximum absolute atomic E-state index is 5.02. The first-order chi connectivity index (χ1) is 8.65. The minimum absolute atomic E-state index is 0.571. The summed E-state index contributed by atoms with van der Waals surface area (Å²) in [6, 6.07) is 3.67. The van der Waals surface area contributed by atoms with E-state index in [0.29, 0.717) is 11.7 Å². The monoisotopic (exact) mass is 308 g/mol. The molecular weight excluding hydrogens is 296 g/mol. The van der Waals surface area contributed by atoms with Gasteiger partial charge in [-0.1, -0.05) is 0 Å². The fourth-order valence-corrected chi connectivity index (χ4v) is 1.86. The van der Waals surface area contributed by atoms with Gasteiger partial charge < -0.3 is 10.1 Å². The van der Waals surface area contributed by atoms with E-state index >= 15 is 0 Å². The summed E-state index contributed by atoms with van der Waals surface area (Å²) >= 11 is 3.45. The van der Waals surface area contributed by atoms with Crippen LogP contribution in [0.25, 0.3) is 11.4 Å². The average Bonchev–Trinajstić information content (AvgIpc) is 2.42. The van der Waals surface area contributed by atoms with Gasteiger partial charge in [0.1, 0.15) is 5.82 Å². The molecule has 2 aromatic heterocycles. The van der Waals surface area contributed by atoms with Crippen LogP contribution >= 0.6 is 15.9 Å². The van der Waals surface area contributed by atoms with E-state index in [1.165, 1.54) is 0 Å². The molecule has 2 rings (SSSR count). The normalized spacial score (nSPS) is 10.2. The topological polar surface area (TPSA) is 59.9 Å². The maximum atomic E-state index is 5.02. The lowest BCUT2D eigenvalue weighted by atomic mass is 10.2. The van der Waals surface area contributed by atoms with Crippen LogP contribution in [-0.2, 0) is 0 Å². The lowest BCUT2D eigenvalue weighted by Crippen LogP contribution is -2.01. The quantitative estimate of drug-likeness (QED) is 0.944. The predicted octanol–water partition coefficient (Wildman–Crippen LogP) is 2.66. The van der Waals surface area contributed by atoms with E-state index in [9.17, 15) is 0 Å². The summed E-state index contributed by atoms with van der Waals surface area (Å²) in [5.74, 6) is 1.96. The van der Waals surface area contributed by atoms with Gasteiger partial charge in [0.05, 0.1) is 17.3 Å². The summed E-state index contributed by atoms with van der Waals surface area (Å²) in [6.07, 6.45) is 1.70. The van der Waals surface area contributed by atoms with Gasteiger partial charge in [0, 0.05) is 24.9 Å². The number of aromatic nitrogens is 3. The molecule has 0 spiro atoms. The van der Waals surface area contributed by atoms with Crippen molar-refractivity contribution >= 4 is 21.7 Å². The molecule has 0 aliphatic rings. The number of nitrogens with zero attached hydrogens (tertiary/aromatic N) is 3. The van der Waals surface area contributed by atoms with E-state index < -0.39 is 0 Å². The van der Waals surface area contributed by atoms with Gasteiger partial charge in [-0.25, -0.2) is 15.0 Å². The molecule has 94 valence electrons. The van der Waals surface area contributed by atoms with Crippen molar-refractivity contribution in [3.8, 4) is 17.3 Å². The van der Waals surface area contributed by atoms with Crippen molar-refractivity contribution in [2.75, 3.05) is 19.5 Å². The molecule has 5 nitrogen and oxygen atoms in total. The van der Waals surface area contributed by atoms with Crippen LogP contribution in [0.3, 0.4) is 0 Å². The number of aryl methyl sites for hydroxylation is 1. The van der Waals surface area contributed by atoms with Crippen LogP contribution in [-0.4, -0.2) is 29.1 Å². The first-order valence-electron chi connectivity index (χ1n) is 5.38. The summed E-state index contributed by atoms with van der Waals surface area (Å²) in [6.45, 7) is 1.92. The fourth-order valence-electron chi connectivity index (χ4n) is 1.49. The summed E-state index contributed by atoms with van der Waals surface area (Å²) in [5, 5.41) is 3.03. The first-order valence-corrected chi connectivity index (χ1v) is 6.17. The van der Waals surface area contributed by atoms with E-state index in [4.69, 9.17) is 4.74 Å². The molecule has 0 atom stereocenters. The van der Waals surface area contributed by atoms with Crippen LogP contribution in [0.2, 0.25) is 0 Å². The molecule has 18 heavy (non-hydrogen) atoms. The van der Waals surface area contributed by atoms with Crippen LogP contribution < -0.4 is 10.1 Å². The molecule has 0 aliphatic heterocycles. The molecule has 0 unspecified atom stereocenters. The molecule has 6 heteroatoms. The van der Waals surface area contributed by atoms with Crippen molar-refractivity contribution in [2.24, 2.45) is 0 Å². The second-order valence-corrected chi connectivity index (χ2v) is 4.43. The summed E-state index contributed by atoms with van der Waals surface area (Å²) in [7, 11) is 3.41. The van der Waals surface area contributed by atoms with Gasteiger partial charge in [-0.15, -0.1) is 0 Å². The third kappa shape index (κ3) is 2.43. The van der Waals surface area contributed by atoms with E-state index in [1.807, 2.05) is 20.0 Å². The smallest absolute Gasteiger partial charge is 0.212 e. The number of anilines is 1. The Morgan fingerprint density at radius 3 is 2.61 bits per heavy atom. The van der Waals surface area contributed by atoms with E-state index in [1.54, 1.807) is 19.4 Å². The molecule has 0 radical (unpaired) electrons. The molecule has 0 saturated carbocycles. The molecule has 0 aliphatic carbocycles. The van der Waals surface area contributed by atoms with Crippen LogP contribution in [0.1, 0.15) is 5.69 Å². The van der Waals surface area contributed by atoms with E-state index in [2.05, 4.69) is 36.2 Å². The Morgan fingerprint density at radius 2 is 2.06 bits per heavy atom. The Morgan fingerprint density at radius 1 is 1.28 bits per heavy atom. The molecule has 0 bridgehead atoms. The first kappa shape index (κ1) is 12.8. The minimum Gasteiger partial charge on any atom is -0.481 e. The Hall–Kier alpha value is -1.69. The largest absolute Gasteiger partial charge is 0.481 e. The van der Waals surface area contributed by atoms with Crippen molar-refractivity contribution in [1.82, 2.24) is 15.0 Å². The highest BCUT2D eigenvalue weighted by Crippen LogP contribution is 2.26. The van der Waals surface area contributed by atoms with Gasteiger partial charge in [-0.3, -0.25) is 0 Å². The van der Waals surface area contributed by atoms with Gasteiger partial charge in [-0.2, -0.15) is 0 Å². The number of ether oxygens (including phenoxy) is 1. The van der Waals surface area contributed by atoms with Crippen LogP contribution in [0.4, 0.5) is 5.82 Å². The number of pyridine rings is 1. The second kappa shape index (κ2) is 5.30. The highest BCUT2D eigenvalue weighted by molar-refractivity contribution is 9.10. The minimum atomic E-state index is 0.571. The van der Waals surface area contributed by atoms with Crippen LogP contribution in [0.5, 0.6) is 5.88 Å². The Labute approximate surface area is 114 Å². The van der Waals surface area contributed by atoms with Gasteiger partial charge in [0.15, 0.2) is 5.82 Å². The van der Waals surface area contributed by atoms with Gasteiger partial charge in [-0.05, 0) is 28.9 Å². The number of nitrogens with one attached hydrogen (secondary N) is 1. The molecule has 0 aromatic carbocycles. The van der Waals surface area contributed by atoms with E-state index in [0.717, 1.165) is 21.5 Å². The summed E-state index contributed by atoms with van der Waals surface area (Å²) in [5.41, 5.74) is 1.73. The highest BCUT2D eigenvalue weighted by Gasteiger charge is 2.10. The van der Waals surface area contributed by atoms with Gasteiger partial charge in [0.25, 0.3) is 0 Å². The van der Waals surface area contributed by atoms with Gasteiger partial charge >= 0.3 is 0 Å². The molecule has 0 fully saturated rings. The average molecular weight is 309 g/mol. The SMILES string of the molecule is CNc1nc(-c2ccc(OC)nc2)nc(C)c1Br. The zero-order valence-corrected chi connectivity index (χ0v) is 11.9. The molecule has 2 aromatic rings. The van der Waals surface area contributed by atoms with E-state index in [-0.39, 0.29) is 0 Å². The lowest BCUT2D eigenvalue weighted by molar-refractivity contribution is 0.398. The molecule has 0 saturated heterocycles. The molecule has 0 amide bonds. The zero-order chi connectivity index (χ0) is 13.1. The summed E-state index contributed by atoms with van der Waals surface area (Å²) < 4.78 is 5.89. The number of methoxy groups -OCH3 is 1. The maximum Gasteiger partial charge on any atom is 0.212 e. The van der Waals surface area contributed by atoms with Crippen molar-refractivity contribution < 1.29 is 4.74 Å². The van der Waals surface area contributed by atoms with Crippen molar-refractivity contribution in [1.29, 1.82) is 0 Å². The number of hydrogen-bond donors (Lipinski definition) is 1. The third-order valence-electron chi connectivity index (χ3n) is 2.46. The number of rotatable bonds is 3. The molecule has 2 heterocycles. The molecule has 1 N–H and O–H groups in total. The van der Waals surface area contributed by atoms with Gasteiger partial charge in [0.2, 0.25) is 5.88 Å².